The van der Waals surface area contributed by atoms with Crippen LogP contribution < -0.4 is 0 Å². The normalized spacial score (nSPS) is 29.4. The van der Waals surface area contributed by atoms with Gasteiger partial charge in [0.2, 0.25) is 0 Å². The Bertz CT molecular complexity index is 354. The first kappa shape index (κ1) is 14.2. The third-order valence-corrected chi connectivity index (χ3v) is 5.16. The molecular formula is C10H8F6S2. The molecule has 0 spiro atoms. The molecule has 102 valence electrons. The largest absolute Gasteiger partial charge is 0.421 e. The Morgan fingerprint density at radius 2 is 1.11 bits per heavy atom. The third-order valence-electron chi connectivity index (χ3n) is 2.70. The summed E-state index contributed by atoms with van der Waals surface area (Å²) < 4.78 is 74.8. The Hall–Kier alpha value is -0.240. The minimum absolute atomic E-state index is 0.0517. The van der Waals surface area contributed by atoms with Crippen LogP contribution in [0.3, 0.4) is 0 Å². The fraction of sp³-hybridized carbons (Fsp3) is 0.600. The van der Waals surface area contributed by atoms with Crippen LogP contribution in [0.4, 0.5) is 26.3 Å². The summed E-state index contributed by atoms with van der Waals surface area (Å²) in [4.78, 5) is -1.37. The highest BCUT2D eigenvalue weighted by molar-refractivity contribution is 8.03. The number of hydrogen-bond donors (Lipinski definition) is 0. The maximum Gasteiger partial charge on any atom is 0.421 e. The molecule has 0 fully saturated rings. The van der Waals surface area contributed by atoms with Crippen molar-refractivity contribution in [3.63, 3.8) is 0 Å². The van der Waals surface area contributed by atoms with Gasteiger partial charge in [-0.1, -0.05) is 12.2 Å². The van der Waals surface area contributed by atoms with Crippen molar-refractivity contribution in [1.29, 1.82) is 0 Å². The van der Waals surface area contributed by atoms with Gasteiger partial charge in [-0.05, 0) is 11.8 Å². The van der Waals surface area contributed by atoms with E-state index in [1.807, 2.05) is 0 Å². The topological polar surface area (TPSA) is 0 Å². The van der Waals surface area contributed by atoms with E-state index in [0.717, 1.165) is 12.2 Å². The lowest BCUT2D eigenvalue weighted by atomic mass is 9.93. The van der Waals surface area contributed by atoms with Crippen LogP contribution >= 0.6 is 23.5 Å². The van der Waals surface area contributed by atoms with Gasteiger partial charge in [0.25, 0.3) is 0 Å². The van der Waals surface area contributed by atoms with Crippen LogP contribution in [0.2, 0.25) is 0 Å². The number of halogens is 6. The van der Waals surface area contributed by atoms with Crippen LogP contribution in [0.5, 0.6) is 0 Å². The maximum atomic E-state index is 12.5. The van der Waals surface area contributed by atoms with Crippen LogP contribution in [-0.2, 0) is 0 Å². The highest BCUT2D eigenvalue weighted by Gasteiger charge is 2.43. The van der Waals surface area contributed by atoms with Gasteiger partial charge in [0.05, 0.1) is 9.81 Å². The van der Waals surface area contributed by atoms with E-state index < -0.39 is 34.0 Å². The summed E-state index contributed by atoms with van der Waals surface area (Å²) in [7, 11) is 0. The van der Waals surface area contributed by atoms with E-state index >= 15 is 0 Å². The maximum absolute atomic E-state index is 12.5. The first-order valence-electron chi connectivity index (χ1n) is 5.01. The third kappa shape index (κ3) is 3.01. The van der Waals surface area contributed by atoms with Gasteiger partial charge in [0.1, 0.15) is 0 Å². The molecule has 0 aromatic heterocycles. The molecule has 0 aliphatic carbocycles. The molecule has 0 amide bonds. The summed E-state index contributed by atoms with van der Waals surface area (Å²) >= 11 is 1.17. The molecule has 2 aliphatic rings. The number of fused-ring (bicyclic) bond motifs is 1. The first-order chi connectivity index (χ1) is 8.18. The molecule has 18 heavy (non-hydrogen) atoms. The number of hydrogen-bond acceptors (Lipinski definition) is 2. The fourth-order valence-corrected chi connectivity index (χ4v) is 4.10. The molecule has 0 saturated heterocycles. The summed E-state index contributed by atoms with van der Waals surface area (Å²) in [5, 5.41) is 0. The predicted molar refractivity (Wildman–Crippen MR) is 60.2 cm³/mol. The molecule has 2 rings (SSSR count). The summed E-state index contributed by atoms with van der Waals surface area (Å²) in [6.07, 6.45) is -6.66. The zero-order chi connectivity index (χ0) is 13.6. The zero-order valence-corrected chi connectivity index (χ0v) is 10.4. The molecule has 2 aliphatic heterocycles. The average Bonchev–Trinajstić information content (AvgIpc) is 2.25. The number of alkyl halides is 6. The lowest BCUT2D eigenvalue weighted by molar-refractivity contribution is -0.0861. The van der Waals surface area contributed by atoms with Crippen molar-refractivity contribution in [3.05, 3.63) is 22.0 Å². The van der Waals surface area contributed by atoms with Gasteiger partial charge < -0.3 is 0 Å². The second-order valence-corrected chi connectivity index (χ2v) is 6.13. The highest BCUT2D eigenvalue weighted by Crippen LogP contribution is 2.48. The van der Waals surface area contributed by atoms with Crippen molar-refractivity contribution in [1.82, 2.24) is 0 Å². The molecule has 0 aromatic rings. The quantitative estimate of drug-likeness (QED) is 0.600. The first-order valence-corrected chi connectivity index (χ1v) is 6.98. The highest BCUT2D eigenvalue weighted by atomic mass is 32.2. The summed E-state index contributed by atoms with van der Waals surface area (Å²) in [5.41, 5.74) is 0. The van der Waals surface area contributed by atoms with Crippen LogP contribution in [0.1, 0.15) is 0 Å². The minimum Gasteiger partial charge on any atom is -0.166 e. The molecule has 2 heterocycles. The van der Waals surface area contributed by atoms with E-state index in [9.17, 15) is 26.3 Å². The Morgan fingerprint density at radius 1 is 0.778 bits per heavy atom. The van der Waals surface area contributed by atoms with Gasteiger partial charge in [0.15, 0.2) is 0 Å². The number of thioether (sulfide) groups is 2. The van der Waals surface area contributed by atoms with E-state index in [4.69, 9.17) is 0 Å². The predicted octanol–water partition coefficient (Wildman–Crippen LogP) is 4.60. The molecular weight excluding hydrogens is 298 g/mol. The van der Waals surface area contributed by atoms with Gasteiger partial charge >= 0.3 is 12.4 Å². The van der Waals surface area contributed by atoms with Crippen molar-refractivity contribution < 1.29 is 26.3 Å². The zero-order valence-electron chi connectivity index (χ0n) is 8.81. The van der Waals surface area contributed by atoms with Crippen molar-refractivity contribution >= 4 is 23.5 Å². The lowest BCUT2D eigenvalue weighted by Gasteiger charge is -2.32. The summed E-state index contributed by atoms with van der Waals surface area (Å²) in [6, 6.07) is 0. The Labute approximate surface area is 108 Å². The SMILES string of the molecule is FC(F)(F)C1=C[C@H]2CSC(C(F)(F)F)=C[C@H]2CS1. The van der Waals surface area contributed by atoms with E-state index in [1.54, 1.807) is 0 Å². The van der Waals surface area contributed by atoms with Crippen LogP contribution in [0, 0.1) is 11.8 Å². The van der Waals surface area contributed by atoms with Crippen molar-refractivity contribution in [2.24, 2.45) is 11.8 Å². The van der Waals surface area contributed by atoms with Crippen LogP contribution in [-0.4, -0.2) is 23.9 Å². The molecule has 0 aromatic carbocycles. The van der Waals surface area contributed by atoms with Crippen molar-refractivity contribution in [2.45, 2.75) is 12.4 Å². The number of rotatable bonds is 0. The molecule has 2 atom stereocenters. The Morgan fingerprint density at radius 3 is 1.39 bits per heavy atom. The van der Waals surface area contributed by atoms with E-state index in [0.29, 0.717) is 23.5 Å². The van der Waals surface area contributed by atoms with Gasteiger partial charge in [0, 0.05) is 11.5 Å². The van der Waals surface area contributed by atoms with E-state index in [1.165, 1.54) is 0 Å². The molecule has 0 unspecified atom stereocenters. The van der Waals surface area contributed by atoms with Crippen molar-refractivity contribution in [2.75, 3.05) is 11.5 Å². The Kier molecular flexibility index (Phi) is 3.70. The molecule has 8 heteroatoms. The second kappa shape index (κ2) is 4.70. The van der Waals surface area contributed by atoms with Gasteiger partial charge in [-0.3, -0.25) is 0 Å². The van der Waals surface area contributed by atoms with Crippen LogP contribution in [0.25, 0.3) is 0 Å². The average molecular weight is 306 g/mol. The monoisotopic (exact) mass is 306 g/mol. The Balaban J connectivity index is 2.18. The smallest absolute Gasteiger partial charge is 0.166 e. The van der Waals surface area contributed by atoms with E-state index in [-0.39, 0.29) is 11.5 Å². The summed E-state index contributed by atoms with van der Waals surface area (Å²) in [6.45, 7) is 0. The van der Waals surface area contributed by atoms with Gasteiger partial charge in [-0.2, -0.15) is 26.3 Å². The second-order valence-electron chi connectivity index (χ2n) is 4.01. The molecule has 0 saturated carbocycles. The fourth-order valence-electron chi connectivity index (χ4n) is 1.80. The van der Waals surface area contributed by atoms with Crippen LogP contribution in [0.15, 0.2) is 22.0 Å². The number of allylic oxidation sites excluding steroid dienone is 4. The van der Waals surface area contributed by atoms with Gasteiger partial charge in [-0.25, -0.2) is 0 Å². The summed E-state index contributed by atoms with van der Waals surface area (Å²) in [5.74, 6) is -0.815. The van der Waals surface area contributed by atoms with Gasteiger partial charge in [-0.15, -0.1) is 23.5 Å². The minimum atomic E-state index is -4.39. The molecule has 0 bridgehead atoms. The van der Waals surface area contributed by atoms with E-state index in [2.05, 4.69) is 0 Å². The lowest BCUT2D eigenvalue weighted by Crippen LogP contribution is -2.28. The molecule has 0 N–H and O–H groups in total. The standard InChI is InChI=1S/C10H8F6S2/c11-9(12,13)7-1-5-3-18-8(10(14,15)16)2-6(5)4-17-7/h1-2,5-6H,3-4H2/t5-,6-/m0/s1. The molecule has 0 radical (unpaired) electrons. The van der Waals surface area contributed by atoms with Crippen molar-refractivity contribution in [3.8, 4) is 0 Å². The molecule has 0 nitrogen and oxygen atoms in total.